The second-order valence-corrected chi connectivity index (χ2v) is 7.98. The number of H-pyrrole nitrogens is 2. The molecular weight excluding hydrogens is 332 g/mol. The van der Waals surface area contributed by atoms with Gasteiger partial charge in [-0.1, -0.05) is 0 Å². The lowest BCUT2D eigenvalue weighted by Crippen LogP contribution is -2.12. The summed E-state index contributed by atoms with van der Waals surface area (Å²) in [5.74, 6) is 2.52. The molecule has 0 bridgehead atoms. The number of aromatic amines is 2. The monoisotopic (exact) mass is 354 g/mol. The van der Waals surface area contributed by atoms with E-state index in [0.29, 0.717) is 11.5 Å². The number of primary amides is 1. The van der Waals surface area contributed by atoms with Gasteiger partial charge in [0.1, 0.15) is 0 Å². The van der Waals surface area contributed by atoms with Crippen LogP contribution >= 0.6 is 11.8 Å². The molecule has 3 heterocycles. The van der Waals surface area contributed by atoms with Crippen LogP contribution in [-0.4, -0.2) is 32.6 Å². The highest BCUT2D eigenvalue weighted by molar-refractivity contribution is 7.99. The fourth-order valence-corrected chi connectivity index (χ4v) is 5.02. The van der Waals surface area contributed by atoms with Crippen molar-refractivity contribution in [1.29, 1.82) is 0 Å². The molecule has 0 saturated carbocycles. The van der Waals surface area contributed by atoms with Crippen LogP contribution in [-0.2, 0) is 0 Å². The Morgan fingerprint density at radius 1 is 1.28 bits per heavy atom. The Labute approximate surface area is 150 Å². The largest absolute Gasteiger partial charge is 0.366 e. The maximum atomic E-state index is 12.1. The molecule has 1 saturated heterocycles. The first-order valence-electron chi connectivity index (χ1n) is 8.60. The zero-order valence-corrected chi connectivity index (χ0v) is 15.3. The van der Waals surface area contributed by atoms with Gasteiger partial charge in [0.2, 0.25) is 0 Å². The third-order valence-corrected chi connectivity index (χ3v) is 6.21. The lowest BCUT2D eigenvalue weighted by molar-refractivity contribution is 0.100. The van der Waals surface area contributed by atoms with Crippen molar-refractivity contribution in [2.45, 2.75) is 32.6 Å². The van der Waals surface area contributed by atoms with Crippen LogP contribution in [0, 0.1) is 13.8 Å². The van der Waals surface area contributed by atoms with E-state index in [9.17, 15) is 4.79 Å². The molecule has 0 spiro atoms. The third kappa shape index (κ3) is 2.74. The van der Waals surface area contributed by atoms with Crippen LogP contribution < -0.4 is 5.73 Å². The number of nitrogens with two attached hydrogens (primary N) is 1. The van der Waals surface area contributed by atoms with E-state index >= 15 is 0 Å². The summed E-state index contributed by atoms with van der Waals surface area (Å²) < 4.78 is 0. The van der Waals surface area contributed by atoms with E-state index < -0.39 is 5.91 Å². The molecule has 0 unspecified atom stereocenters. The number of nitrogens with zero attached hydrogens (tertiary/aromatic N) is 1. The second kappa shape index (κ2) is 6.26. The van der Waals surface area contributed by atoms with Crippen molar-refractivity contribution in [3.8, 4) is 11.1 Å². The summed E-state index contributed by atoms with van der Waals surface area (Å²) in [5.41, 5.74) is 12.4. The van der Waals surface area contributed by atoms with E-state index in [1.165, 1.54) is 29.9 Å². The minimum absolute atomic E-state index is 0.404. The number of carbonyl (C=O) groups excluding carboxylic acids is 1. The fraction of sp³-hybridized carbons (Fsp3) is 0.368. The minimum atomic E-state index is -0.404. The van der Waals surface area contributed by atoms with Gasteiger partial charge in [0.15, 0.2) is 0 Å². The quantitative estimate of drug-likeness (QED) is 0.667. The molecule has 6 heteroatoms. The lowest BCUT2D eigenvalue weighted by Gasteiger charge is -2.21. The number of aryl methyl sites for hydroxylation is 2. The second-order valence-electron chi connectivity index (χ2n) is 6.75. The Hall–Kier alpha value is -2.21. The minimum Gasteiger partial charge on any atom is -0.366 e. The summed E-state index contributed by atoms with van der Waals surface area (Å²) in [6, 6.07) is 4.06. The Bertz CT molecular complexity index is 930. The summed E-state index contributed by atoms with van der Waals surface area (Å²) in [7, 11) is 0. The summed E-state index contributed by atoms with van der Waals surface area (Å²) >= 11 is 2.02. The first-order chi connectivity index (χ1) is 12.1. The van der Waals surface area contributed by atoms with Gasteiger partial charge in [-0.25, -0.2) is 0 Å². The van der Waals surface area contributed by atoms with Crippen LogP contribution in [0.5, 0.6) is 0 Å². The molecule has 5 nitrogen and oxygen atoms in total. The van der Waals surface area contributed by atoms with Crippen molar-refractivity contribution < 1.29 is 4.79 Å². The van der Waals surface area contributed by atoms with E-state index in [1.807, 2.05) is 31.7 Å². The molecule has 1 aliphatic rings. The van der Waals surface area contributed by atoms with Crippen molar-refractivity contribution >= 4 is 28.6 Å². The average Bonchev–Trinajstić information content (AvgIpc) is 3.18. The Kier molecular flexibility index (Phi) is 4.07. The van der Waals surface area contributed by atoms with E-state index in [-0.39, 0.29) is 0 Å². The van der Waals surface area contributed by atoms with Crippen molar-refractivity contribution in [3.05, 3.63) is 40.8 Å². The number of rotatable bonds is 3. The number of carbonyl (C=O) groups is 1. The number of amides is 1. The standard InChI is InChI=1S/C19H22N4OS/c1-10-17(11(2)23-22-10)13-7-14-16(12-3-5-25-6-4-12)9-21-18(14)15(8-13)19(20)24/h7-9,12,21H,3-6H2,1-2H3,(H2,20,24)(H,22,23). The van der Waals surface area contributed by atoms with Crippen molar-refractivity contribution in [2.24, 2.45) is 5.73 Å². The molecule has 4 rings (SSSR count). The number of hydrogen-bond donors (Lipinski definition) is 3. The van der Waals surface area contributed by atoms with Crippen molar-refractivity contribution in [2.75, 3.05) is 11.5 Å². The first kappa shape index (κ1) is 16.3. The fourth-order valence-electron chi connectivity index (χ4n) is 3.91. The molecule has 0 radical (unpaired) electrons. The van der Waals surface area contributed by atoms with Crippen LogP contribution in [0.3, 0.4) is 0 Å². The van der Waals surface area contributed by atoms with E-state index in [4.69, 9.17) is 5.73 Å². The van der Waals surface area contributed by atoms with Crippen molar-refractivity contribution in [1.82, 2.24) is 15.2 Å². The third-order valence-electron chi connectivity index (χ3n) is 5.16. The zero-order valence-electron chi connectivity index (χ0n) is 14.5. The Morgan fingerprint density at radius 2 is 2.04 bits per heavy atom. The number of benzene rings is 1. The van der Waals surface area contributed by atoms with Gasteiger partial charge in [-0.3, -0.25) is 9.89 Å². The normalized spacial score (nSPS) is 15.8. The van der Waals surface area contributed by atoms with E-state index in [2.05, 4.69) is 27.4 Å². The number of nitrogens with one attached hydrogen (secondary N) is 2. The highest BCUT2D eigenvalue weighted by Gasteiger charge is 2.22. The maximum absolute atomic E-state index is 12.1. The van der Waals surface area contributed by atoms with Gasteiger partial charge in [0.05, 0.1) is 16.8 Å². The van der Waals surface area contributed by atoms with Crippen LogP contribution in [0.1, 0.15) is 46.1 Å². The smallest absolute Gasteiger partial charge is 0.250 e. The predicted octanol–water partition coefficient (Wildman–Crippen LogP) is 3.88. The van der Waals surface area contributed by atoms with Crippen LogP contribution in [0.4, 0.5) is 0 Å². The molecule has 1 aliphatic heterocycles. The number of hydrogen-bond acceptors (Lipinski definition) is 3. The van der Waals surface area contributed by atoms with Gasteiger partial charge in [-0.05, 0) is 67.4 Å². The summed E-state index contributed by atoms with van der Waals surface area (Å²) in [5, 5.41) is 8.44. The van der Waals surface area contributed by atoms with Crippen LogP contribution in [0.25, 0.3) is 22.0 Å². The maximum Gasteiger partial charge on any atom is 0.250 e. The first-order valence-corrected chi connectivity index (χ1v) is 9.76. The van der Waals surface area contributed by atoms with Gasteiger partial charge in [-0.15, -0.1) is 0 Å². The summed E-state index contributed by atoms with van der Waals surface area (Å²) in [6.45, 7) is 3.98. The highest BCUT2D eigenvalue weighted by atomic mass is 32.2. The molecule has 0 aliphatic carbocycles. The molecule has 2 aromatic heterocycles. The van der Waals surface area contributed by atoms with E-state index in [1.54, 1.807) is 0 Å². The summed E-state index contributed by atoms with van der Waals surface area (Å²) in [4.78, 5) is 15.4. The molecule has 1 fully saturated rings. The average molecular weight is 354 g/mol. The lowest BCUT2D eigenvalue weighted by atomic mass is 9.90. The van der Waals surface area contributed by atoms with Crippen molar-refractivity contribution in [3.63, 3.8) is 0 Å². The molecule has 0 atom stereocenters. The summed E-state index contributed by atoms with van der Waals surface area (Å²) in [6.07, 6.45) is 4.42. The zero-order chi connectivity index (χ0) is 17.6. The predicted molar refractivity (Wildman–Crippen MR) is 103 cm³/mol. The Morgan fingerprint density at radius 3 is 2.68 bits per heavy atom. The van der Waals surface area contributed by atoms with Gasteiger partial charge < -0.3 is 10.7 Å². The number of aromatic nitrogens is 3. The highest BCUT2D eigenvalue weighted by Crippen LogP contribution is 2.38. The van der Waals surface area contributed by atoms with Gasteiger partial charge in [0, 0.05) is 22.8 Å². The SMILES string of the molecule is Cc1n[nH]c(C)c1-c1cc(C(N)=O)c2[nH]cc(C3CCSCC3)c2c1. The van der Waals surface area contributed by atoms with Gasteiger partial charge in [-0.2, -0.15) is 16.9 Å². The molecule has 1 amide bonds. The van der Waals surface area contributed by atoms with Gasteiger partial charge >= 0.3 is 0 Å². The molecule has 25 heavy (non-hydrogen) atoms. The van der Waals surface area contributed by atoms with Gasteiger partial charge in [0.25, 0.3) is 5.91 Å². The van der Waals surface area contributed by atoms with Crippen LogP contribution in [0.2, 0.25) is 0 Å². The van der Waals surface area contributed by atoms with Crippen LogP contribution in [0.15, 0.2) is 18.3 Å². The Balaban J connectivity index is 1.94. The molecule has 130 valence electrons. The molecule has 3 aromatic rings. The topological polar surface area (TPSA) is 87.6 Å². The van der Waals surface area contributed by atoms with E-state index in [0.717, 1.165) is 33.4 Å². The number of thioether (sulfide) groups is 1. The molecule has 4 N–H and O–H groups in total. The molecular formula is C19H22N4OS. The molecule has 1 aromatic carbocycles. The number of fused-ring (bicyclic) bond motifs is 1.